The lowest BCUT2D eigenvalue weighted by Crippen LogP contribution is -2.35. The van der Waals surface area contributed by atoms with Gasteiger partial charge in [0.15, 0.2) is 5.78 Å². The Hall–Kier alpha value is -3.41. The number of benzene rings is 1. The molecule has 0 amide bonds. The average Bonchev–Trinajstić information content (AvgIpc) is 2.65. The number of aryl methyl sites for hydroxylation is 1. The van der Waals surface area contributed by atoms with E-state index in [1.54, 1.807) is 13.1 Å². The molecule has 6 nitrogen and oxygen atoms in total. The summed E-state index contributed by atoms with van der Waals surface area (Å²) in [5.41, 5.74) is 3.10. The maximum absolute atomic E-state index is 13.3. The number of pyridine rings is 1. The number of carbonyl (C=O) groups is 2. The van der Waals surface area contributed by atoms with Gasteiger partial charge in [0, 0.05) is 37.3 Å². The third-order valence-electron chi connectivity index (χ3n) is 5.03. The molecule has 27 heavy (non-hydrogen) atoms. The summed E-state index contributed by atoms with van der Waals surface area (Å²) < 4.78 is 0. The van der Waals surface area contributed by atoms with Gasteiger partial charge in [0.1, 0.15) is 5.69 Å². The molecular weight excluding hydrogens is 342 g/mol. The lowest BCUT2D eigenvalue weighted by molar-refractivity contribution is 0.0961. The van der Waals surface area contributed by atoms with Crippen molar-refractivity contribution in [2.75, 3.05) is 19.0 Å². The van der Waals surface area contributed by atoms with Crippen molar-refractivity contribution in [2.45, 2.75) is 12.8 Å². The highest BCUT2D eigenvalue weighted by atomic mass is 16.1. The summed E-state index contributed by atoms with van der Waals surface area (Å²) in [6, 6.07) is 9.25. The number of nitrogens with zero attached hydrogens (tertiary/aromatic N) is 1. The monoisotopic (exact) mass is 361 g/mol. The summed E-state index contributed by atoms with van der Waals surface area (Å²) >= 11 is 0. The van der Waals surface area contributed by atoms with Crippen LogP contribution in [0.25, 0.3) is 0 Å². The highest BCUT2D eigenvalue weighted by molar-refractivity contribution is 6.27. The molecule has 6 heteroatoms. The van der Waals surface area contributed by atoms with Gasteiger partial charge in [-0.3, -0.25) is 14.4 Å². The first-order chi connectivity index (χ1) is 12.9. The van der Waals surface area contributed by atoms with E-state index in [0.29, 0.717) is 11.1 Å². The van der Waals surface area contributed by atoms with Gasteiger partial charge in [-0.05, 0) is 36.4 Å². The van der Waals surface area contributed by atoms with Crippen molar-refractivity contribution in [1.82, 2.24) is 10.3 Å². The smallest absolute Gasteiger partial charge is 0.248 e. The number of carbonyl (C=O) groups excluding carboxylic acids is 2. The Labute approximate surface area is 156 Å². The lowest BCUT2D eigenvalue weighted by atomic mass is 9.78. The van der Waals surface area contributed by atoms with Crippen LogP contribution in [0.5, 0.6) is 0 Å². The molecule has 1 aliphatic carbocycles. The zero-order chi connectivity index (χ0) is 19.3. The summed E-state index contributed by atoms with van der Waals surface area (Å²) in [7, 11) is 3.92. The fourth-order valence-electron chi connectivity index (χ4n) is 3.67. The van der Waals surface area contributed by atoms with Crippen molar-refractivity contribution in [3.05, 3.63) is 86.6 Å². The van der Waals surface area contributed by atoms with Gasteiger partial charge in [-0.1, -0.05) is 18.2 Å². The number of hydrogen-bond donors (Lipinski definition) is 2. The van der Waals surface area contributed by atoms with Crippen LogP contribution >= 0.6 is 0 Å². The molecule has 2 aromatic rings. The van der Waals surface area contributed by atoms with Crippen molar-refractivity contribution < 1.29 is 9.59 Å². The molecule has 1 aromatic heterocycles. The van der Waals surface area contributed by atoms with E-state index in [4.69, 9.17) is 0 Å². The highest BCUT2D eigenvalue weighted by Crippen LogP contribution is 2.37. The molecule has 0 fully saturated rings. The van der Waals surface area contributed by atoms with Gasteiger partial charge in [-0.15, -0.1) is 0 Å². The SMILES string of the molecule is Cc1cc(=O)[nH]c2c1C(=O)C1=C(NC=CC1c1ccc(N(C)C)cc1)C2=O. The standard InChI is InChI=1S/C21H19N3O3/c1-11-10-15(25)23-19-16(11)20(26)17-14(8-9-22-18(17)21(19)27)12-4-6-13(7-5-12)24(2)3/h4-10,14,22H,1-3H3,(H,23,25). The molecule has 1 aliphatic heterocycles. The molecule has 0 saturated carbocycles. The third kappa shape index (κ3) is 2.61. The van der Waals surface area contributed by atoms with Gasteiger partial charge in [0.25, 0.3) is 0 Å². The number of allylic oxidation sites excluding steroid dienone is 3. The van der Waals surface area contributed by atoms with Crippen LogP contribution in [0.4, 0.5) is 5.69 Å². The van der Waals surface area contributed by atoms with Crippen LogP contribution in [0, 0.1) is 6.92 Å². The fourth-order valence-corrected chi connectivity index (χ4v) is 3.67. The molecule has 4 rings (SSSR count). The largest absolute Gasteiger partial charge is 0.378 e. The molecular formula is C21H19N3O3. The van der Waals surface area contributed by atoms with E-state index in [9.17, 15) is 14.4 Å². The van der Waals surface area contributed by atoms with E-state index in [1.165, 1.54) is 6.07 Å². The van der Waals surface area contributed by atoms with Crippen molar-refractivity contribution in [1.29, 1.82) is 0 Å². The molecule has 2 aliphatic rings. The number of nitrogens with one attached hydrogen (secondary N) is 2. The third-order valence-corrected chi connectivity index (χ3v) is 5.03. The number of aromatic amines is 1. The van der Waals surface area contributed by atoms with E-state index in [-0.39, 0.29) is 34.4 Å². The maximum atomic E-state index is 13.3. The molecule has 0 spiro atoms. The normalized spacial score (nSPS) is 18.1. The zero-order valence-electron chi connectivity index (χ0n) is 15.3. The molecule has 136 valence electrons. The number of anilines is 1. The first-order valence-corrected chi connectivity index (χ1v) is 8.66. The van der Waals surface area contributed by atoms with E-state index >= 15 is 0 Å². The summed E-state index contributed by atoms with van der Waals surface area (Å²) in [6.07, 6.45) is 3.55. The van der Waals surface area contributed by atoms with Crippen LogP contribution in [0.2, 0.25) is 0 Å². The summed E-state index contributed by atoms with van der Waals surface area (Å²) in [5.74, 6) is -0.917. The lowest BCUT2D eigenvalue weighted by Gasteiger charge is -2.29. The fraction of sp³-hybridized carbons (Fsp3) is 0.190. The highest BCUT2D eigenvalue weighted by Gasteiger charge is 2.38. The Morgan fingerprint density at radius 1 is 1.00 bits per heavy atom. The Kier molecular flexibility index (Phi) is 3.84. The first kappa shape index (κ1) is 17.0. The molecule has 1 atom stereocenters. The van der Waals surface area contributed by atoms with E-state index < -0.39 is 5.56 Å². The quantitative estimate of drug-likeness (QED) is 0.858. The minimum Gasteiger partial charge on any atom is -0.378 e. The average molecular weight is 361 g/mol. The predicted molar refractivity (Wildman–Crippen MR) is 103 cm³/mol. The maximum Gasteiger partial charge on any atom is 0.248 e. The minimum absolute atomic E-state index is 0.0632. The summed E-state index contributed by atoms with van der Waals surface area (Å²) in [4.78, 5) is 42.5. The molecule has 1 aromatic carbocycles. The van der Waals surface area contributed by atoms with Crippen molar-refractivity contribution in [3.63, 3.8) is 0 Å². The van der Waals surface area contributed by atoms with E-state index in [2.05, 4.69) is 10.3 Å². The van der Waals surface area contributed by atoms with Crippen LogP contribution in [-0.4, -0.2) is 30.6 Å². The molecule has 1 unspecified atom stereocenters. The minimum atomic E-state index is -0.390. The number of ketones is 2. The molecule has 0 saturated heterocycles. The van der Waals surface area contributed by atoms with Gasteiger partial charge in [0.2, 0.25) is 11.3 Å². The predicted octanol–water partition coefficient (Wildman–Crippen LogP) is 2.28. The second-order valence-corrected chi connectivity index (χ2v) is 6.98. The Morgan fingerprint density at radius 3 is 2.37 bits per heavy atom. The van der Waals surface area contributed by atoms with E-state index in [1.807, 2.05) is 49.3 Å². The van der Waals surface area contributed by atoms with Crippen LogP contribution in [-0.2, 0) is 0 Å². The Balaban J connectivity index is 1.85. The molecule has 2 heterocycles. The Morgan fingerprint density at radius 2 is 1.70 bits per heavy atom. The zero-order valence-corrected chi connectivity index (χ0v) is 15.3. The molecule has 2 N–H and O–H groups in total. The number of dihydropyridines is 1. The topological polar surface area (TPSA) is 82.3 Å². The second kappa shape index (κ2) is 6.09. The first-order valence-electron chi connectivity index (χ1n) is 8.66. The van der Waals surface area contributed by atoms with Gasteiger partial charge in [-0.25, -0.2) is 0 Å². The van der Waals surface area contributed by atoms with Crippen LogP contribution < -0.4 is 15.8 Å². The van der Waals surface area contributed by atoms with Gasteiger partial charge in [0.05, 0.1) is 11.3 Å². The number of hydrogen-bond acceptors (Lipinski definition) is 5. The molecule has 0 bridgehead atoms. The summed E-state index contributed by atoms with van der Waals surface area (Å²) in [6.45, 7) is 1.68. The summed E-state index contributed by atoms with van der Waals surface area (Å²) in [5, 5.41) is 2.91. The Bertz CT molecular complexity index is 1090. The van der Waals surface area contributed by atoms with Gasteiger partial charge in [-0.2, -0.15) is 0 Å². The van der Waals surface area contributed by atoms with Gasteiger partial charge < -0.3 is 15.2 Å². The number of Topliss-reactive ketones (excluding diaryl/α,β-unsaturated/α-hetero) is 2. The van der Waals surface area contributed by atoms with Crippen LogP contribution in [0.1, 0.15) is 37.9 Å². The van der Waals surface area contributed by atoms with E-state index in [0.717, 1.165) is 11.3 Å². The van der Waals surface area contributed by atoms with Gasteiger partial charge >= 0.3 is 0 Å². The van der Waals surface area contributed by atoms with Crippen LogP contribution in [0.3, 0.4) is 0 Å². The number of H-pyrrole nitrogens is 1. The number of aromatic nitrogens is 1. The van der Waals surface area contributed by atoms with Crippen LogP contribution in [0.15, 0.2) is 58.7 Å². The van der Waals surface area contributed by atoms with Crippen molar-refractivity contribution in [3.8, 4) is 0 Å². The molecule has 0 radical (unpaired) electrons. The second-order valence-electron chi connectivity index (χ2n) is 6.98. The number of rotatable bonds is 2. The van der Waals surface area contributed by atoms with Crippen molar-refractivity contribution in [2.24, 2.45) is 0 Å². The number of fused-ring (bicyclic) bond motifs is 1. The van der Waals surface area contributed by atoms with Crippen molar-refractivity contribution >= 4 is 17.3 Å².